The van der Waals surface area contributed by atoms with E-state index in [2.05, 4.69) is 5.32 Å². The Morgan fingerprint density at radius 2 is 1.63 bits per heavy atom. The van der Waals surface area contributed by atoms with Gasteiger partial charge in [0.25, 0.3) is 0 Å². The van der Waals surface area contributed by atoms with Gasteiger partial charge in [0.1, 0.15) is 12.4 Å². The van der Waals surface area contributed by atoms with Crippen LogP contribution in [0.4, 0.5) is 5.69 Å². The summed E-state index contributed by atoms with van der Waals surface area (Å²) in [6.07, 6.45) is 1.24. The molecule has 0 spiro atoms. The number of hydrogen-bond donors (Lipinski definition) is 1. The van der Waals surface area contributed by atoms with E-state index in [9.17, 15) is 9.00 Å². The van der Waals surface area contributed by atoms with Crippen LogP contribution in [0.1, 0.15) is 17.5 Å². The molecule has 0 saturated carbocycles. The van der Waals surface area contributed by atoms with Gasteiger partial charge in [0.2, 0.25) is 5.91 Å². The average Bonchev–Trinajstić information content (AvgIpc) is 2.72. The van der Waals surface area contributed by atoms with Gasteiger partial charge in [0.15, 0.2) is 0 Å². The number of ether oxygens (including phenoxy) is 1. The van der Waals surface area contributed by atoms with E-state index in [0.717, 1.165) is 38.8 Å². The van der Waals surface area contributed by atoms with E-state index in [1.165, 1.54) is 0 Å². The number of carbonyl (C=O) groups is 1. The minimum Gasteiger partial charge on any atom is -0.489 e. The third-order valence-electron chi connectivity index (χ3n) is 4.47. The van der Waals surface area contributed by atoms with Crippen LogP contribution in [0.3, 0.4) is 0 Å². The Labute approximate surface area is 160 Å². The lowest BCUT2D eigenvalue weighted by Gasteiger charge is -2.17. The highest BCUT2D eigenvalue weighted by molar-refractivity contribution is 7.85. The van der Waals surface area contributed by atoms with Gasteiger partial charge in [-0.3, -0.25) is 4.79 Å². The zero-order valence-corrected chi connectivity index (χ0v) is 15.5. The fourth-order valence-corrected chi connectivity index (χ4v) is 4.07. The molecule has 1 atom stereocenters. The van der Waals surface area contributed by atoms with E-state index < -0.39 is 10.8 Å². The molecule has 27 heavy (non-hydrogen) atoms. The van der Waals surface area contributed by atoms with Gasteiger partial charge in [0, 0.05) is 21.9 Å². The Morgan fingerprint density at radius 1 is 0.889 bits per heavy atom. The third-order valence-corrected chi connectivity index (χ3v) is 5.87. The number of anilines is 1. The first-order valence-electron chi connectivity index (χ1n) is 8.80. The highest BCUT2D eigenvalue weighted by Gasteiger charge is 2.15. The molecule has 0 fully saturated rings. The normalized spacial score (nSPS) is 14.1. The molecule has 1 amide bonds. The summed E-state index contributed by atoms with van der Waals surface area (Å²) in [6.45, 7) is 0.434. The number of amides is 1. The molecule has 136 valence electrons. The molecule has 1 aliphatic heterocycles. The molecule has 1 unspecified atom stereocenters. The Bertz CT molecular complexity index is 984. The summed E-state index contributed by atoms with van der Waals surface area (Å²) < 4.78 is 18.4. The van der Waals surface area contributed by atoms with Gasteiger partial charge in [-0.2, -0.15) is 0 Å². The van der Waals surface area contributed by atoms with E-state index in [1.807, 2.05) is 72.8 Å². The van der Waals surface area contributed by atoms with Crippen LogP contribution in [0.15, 0.2) is 82.6 Å². The van der Waals surface area contributed by atoms with Gasteiger partial charge in [-0.05, 0) is 60.0 Å². The van der Waals surface area contributed by atoms with E-state index in [1.54, 1.807) is 0 Å². The number of hydrogen-bond acceptors (Lipinski definition) is 3. The quantitative estimate of drug-likeness (QED) is 0.721. The van der Waals surface area contributed by atoms with Crippen molar-refractivity contribution in [2.75, 3.05) is 5.32 Å². The van der Waals surface area contributed by atoms with Gasteiger partial charge in [-0.15, -0.1) is 0 Å². The summed E-state index contributed by atoms with van der Waals surface area (Å²) in [4.78, 5) is 13.0. The molecule has 1 heterocycles. The fraction of sp³-hybridized carbons (Fsp3) is 0.136. The van der Waals surface area contributed by atoms with E-state index in [0.29, 0.717) is 13.0 Å². The van der Waals surface area contributed by atoms with Gasteiger partial charge < -0.3 is 10.1 Å². The number of rotatable bonds is 5. The summed E-state index contributed by atoms with van der Waals surface area (Å²) >= 11 is 0. The summed E-state index contributed by atoms with van der Waals surface area (Å²) in [6, 6.07) is 22.8. The van der Waals surface area contributed by atoms with Crippen LogP contribution in [0.25, 0.3) is 0 Å². The molecule has 4 nitrogen and oxygen atoms in total. The van der Waals surface area contributed by atoms with Crippen molar-refractivity contribution in [1.29, 1.82) is 0 Å². The second-order valence-corrected chi connectivity index (χ2v) is 7.86. The molecular weight excluding hydrogens is 358 g/mol. The molecule has 3 aromatic carbocycles. The Morgan fingerprint density at radius 3 is 2.41 bits per heavy atom. The number of aryl methyl sites for hydroxylation is 1. The number of nitrogens with one attached hydrogen (secondary N) is 1. The van der Waals surface area contributed by atoms with Crippen molar-refractivity contribution in [3.8, 4) is 5.75 Å². The maximum atomic E-state index is 12.5. The summed E-state index contributed by atoms with van der Waals surface area (Å²) in [5.41, 5.74) is 2.97. The van der Waals surface area contributed by atoms with Gasteiger partial charge in [-0.1, -0.05) is 30.3 Å². The lowest BCUT2D eigenvalue weighted by molar-refractivity contribution is -0.116. The average molecular weight is 377 g/mol. The van der Waals surface area contributed by atoms with Crippen molar-refractivity contribution in [2.24, 2.45) is 0 Å². The molecule has 3 aromatic rings. The van der Waals surface area contributed by atoms with Gasteiger partial charge >= 0.3 is 0 Å². The summed E-state index contributed by atoms with van der Waals surface area (Å²) in [5, 5.41) is 2.87. The van der Waals surface area contributed by atoms with Crippen molar-refractivity contribution in [2.45, 2.75) is 29.2 Å². The lowest BCUT2D eigenvalue weighted by atomic mass is 10.0. The van der Waals surface area contributed by atoms with E-state index in [-0.39, 0.29) is 5.91 Å². The maximum absolute atomic E-state index is 12.5. The Kier molecular flexibility index (Phi) is 5.03. The van der Waals surface area contributed by atoms with Crippen LogP contribution >= 0.6 is 0 Å². The molecule has 0 saturated heterocycles. The van der Waals surface area contributed by atoms with E-state index >= 15 is 0 Å². The molecule has 1 N–H and O–H groups in total. The van der Waals surface area contributed by atoms with E-state index in [4.69, 9.17) is 4.74 Å². The molecular formula is C22H19NO3S. The zero-order valence-electron chi connectivity index (χ0n) is 14.7. The lowest BCUT2D eigenvalue weighted by Crippen LogP contribution is -2.18. The van der Waals surface area contributed by atoms with Gasteiger partial charge in [-0.25, -0.2) is 4.21 Å². The smallest absolute Gasteiger partial charge is 0.224 e. The predicted octanol–water partition coefficient (Wildman–Crippen LogP) is 4.32. The van der Waals surface area contributed by atoms with Crippen molar-refractivity contribution >= 4 is 22.4 Å². The first-order chi connectivity index (χ1) is 13.2. The van der Waals surface area contributed by atoms with Crippen LogP contribution in [-0.2, 0) is 28.6 Å². The molecule has 1 aliphatic rings. The molecule has 0 aromatic heterocycles. The Balaban J connectivity index is 1.41. The minimum absolute atomic E-state index is 0.0594. The van der Waals surface area contributed by atoms with Crippen LogP contribution in [-0.4, -0.2) is 10.1 Å². The first kappa shape index (κ1) is 17.5. The first-order valence-corrected chi connectivity index (χ1v) is 9.95. The molecule has 0 bridgehead atoms. The monoisotopic (exact) mass is 377 g/mol. The SMILES string of the molecule is O=C1CCc2cc(OCc3ccc(S(=O)c4ccccc4)cc3)ccc2N1. The van der Waals surface area contributed by atoms with Crippen LogP contribution in [0.2, 0.25) is 0 Å². The van der Waals surface area contributed by atoms with Crippen molar-refractivity contribution in [1.82, 2.24) is 0 Å². The maximum Gasteiger partial charge on any atom is 0.224 e. The second-order valence-electron chi connectivity index (χ2n) is 6.38. The van der Waals surface area contributed by atoms with Crippen molar-refractivity contribution < 1.29 is 13.7 Å². The molecule has 5 heteroatoms. The highest BCUT2D eigenvalue weighted by atomic mass is 32.2. The second kappa shape index (κ2) is 7.76. The largest absolute Gasteiger partial charge is 0.489 e. The van der Waals surface area contributed by atoms with Crippen molar-refractivity contribution in [3.05, 3.63) is 83.9 Å². The van der Waals surface area contributed by atoms with Crippen LogP contribution in [0.5, 0.6) is 5.75 Å². The molecule has 0 radical (unpaired) electrons. The third kappa shape index (κ3) is 4.09. The molecule has 4 rings (SSSR count). The zero-order chi connectivity index (χ0) is 18.6. The minimum atomic E-state index is -1.17. The van der Waals surface area contributed by atoms with Crippen molar-refractivity contribution in [3.63, 3.8) is 0 Å². The summed E-state index contributed by atoms with van der Waals surface area (Å²) in [7, 11) is -1.17. The fourth-order valence-electron chi connectivity index (χ4n) is 3.01. The number of carbonyl (C=O) groups excluding carboxylic acids is 1. The topological polar surface area (TPSA) is 55.4 Å². The highest BCUT2D eigenvalue weighted by Crippen LogP contribution is 2.27. The summed E-state index contributed by atoms with van der Waals surface area (Å²) in [5.74, 6) is 0.839. The standard InChI is InChI=1S/C22H19NO3S/c24-22-13-8-17-14-18(9-12-21(17)23-22)26-15-16-6-10-20(11-7-16)27(25)19-4-2-1-3-5-19/h1-7,9-12,14H,8,13,15H2,(H,23,24). The number of benzene rings is 3. The van der Waals surface area contributed by atoms with Crippen LogP contribution < -0.4 is 10.1 Å². The van der Waals surface area contributed by atoms with Gasteiger partial charge in [0.05, 0.1) is 10.8 Å². The Hall–Kier alpha value is -2.92. The van der Waals surface area contributed by atoms with Crippen LogP contribution in [0, 0.1) is 0 Å². The molecule has 0 aliphatic carbocycles. The number of fused-ring (bicyclic) bond motifs is 1. The predicted molar refractivity (Wildman–Crippen MR) is 105 cm³/mol.